The van der Waals surface area contributed by atoms with Crippen molar-refractivity contribution in [1.29, 1.82) is 0 Å². The summed E-state index contributed by atoms with van der Waals surface area (Å²) in [5.74, 6) is -0.0977. The fourth-order valence-corrected chi connectivity index (χ4v) is 2.82. The molecule has 0 saturated carbocycles. The highest BCUT2D eigenvalue weighted by Gasteiger charge is 2.26. The van der Waals surface area contributed by atoms with Crippen LogP contribution in [0, 0.1) is 6.92 Å². The molecule has 22 heavy (non-hydrogen) atoms. The van der Waals surface area contributed by atoms with Crippen molar-refractivity contribution in [2.45, 2.75) is 6.92 Å². The number of aryl methyl sites for hydroxylation is 1. The standard InChI is InChI=1S/C15H18ClN5O/c1-11-13(16)14(18-19(11)2)15(22)21-8-6-20(7-9-21)12-4-3-5-17-10-12/h3-5,10H,6-9H2,1-2H3. The van der Waals surface area contributed by atoms with Gasteiger partial charge in [0, 0.05) is 39.4 Å². The molecule has 1 aliphatic heterocycles. The summed E-state index contributed by atoms with van der Waals surface area (Å²) < 4.78 is 1.64. The van der Waals surface area contributed by atoms with Gasteiger partial charge in [-0.05, 0) is 19.1 Å². The van der Waals surface area contributed by atoms with Gasteiger partial charge in [0.2, 0.25) is 0 Å². The molecule has 1 fully saturated rings. The van der Waals surface area contributed by atoms with E-state index < -0.39 is 0 Å². The van der Waals surface area contributed by atoms with Crippen LogP contribution in [0.15, 0.2) is 24.5 Å². The molecular formula is C15H18ClN5O. The number of amides is 1. The molecule has 1 aliphatic rings. The lowest BCUT2D eigenvalue weighted by Gasteiger charge is -2.35. The third-order valence-electron chi connectivity index (χ3n) is 4.04. The third-order valence-corrected chi connectivity index (χ3v) is 4.49. The molecule has 0 aliphatic carbocycles. The highest BCUT2D eigenvalue weighted by molar-refractivity contribution is 6.34. The maximum absolute atomic E-state index is 12.6. The second-order valence-corrected chi connectivity index (χ2v) is 5.74. The van der Waals surface area contributed by atoms with Crippen molar-refractivity contribution in [2.75, 3.05) is 31.1 Å². The van der Waals surface area contributed by atoms with Crippen LogP contribution in [0.3, 0.4) is 0 Å². The van der Waals surface area contributed by atoms with Crippen LogP contribution in [0.4, 0.5) is 5.69 Å². The summed E-state index contributed by atoms with van der Waals surface area (Å²) in [5, 5.41) is 4.68. The number of aromatic nitrogens is 3. The van der Waals surface area contributed by atoms with E-state index in [2.05, 4.69) is 15.0 Å². The van der Waals surface area contributed by atoms with Crippen LogP contribution in [0.1, 0.15) is 16.2 Å². The Morgan fingerprint density at radius 1 is 1.27 bits per heavy atom. The summed E-state index contributed by atoms with van der Waals surface area (Å²) in [6, 6.07) is 3.95. The largest absolute Gasteiger partial charge is 0.367 e. The number of pyridine rings is 1. The van der Waals surface area contributed by atoms with E-state index in [1.54, 1.807) is 22.8 Å². The fourth-order valence-electron chi connectivity index (χ4n) is 2.58. The number of carbonyl (C=O) groups excluding carboxylic acids is 1. The topological polar surface area (TPSA) is 54.3 Å². The average Bonchev–Trinajstić information content (AvgIpc) is 2.83. The van der Waals surface area contributed by atoms with E-state index in [1.807, 2.05) is 25.3 Å². The molecule has 6 nitrogen and oxygen atoms in total. The Labute approximate surface area is 134 Å². The number of hydrogen-bond acceptors (Lipinski definition) is 4. The second-order valence-electron chi connectivity index (χ2n) is 5.36. The first-order valence-corrected chi connectivity index (χ1v) is 7.59. The van der Waals surface area contributed by atoms with Crippen molar-refractivity contribution >= 4 is 23.2 Å². The van der Waals surface area contributed by atoms with Crippen molar-refractivity contribution in [3.63, 3.8) is 0 Å². The van der Waals surface area contributed by atoms with Crippen molar-refractivity contribution in [1.82, 2.24) is 19.7 Å². The van der Waals surface area contributed by atoms with Crippen LogP contribution < -0.4 is 4.90 Å². The maximum Gasteiger partial charge on any atom is 0.276 e. The van der Waals surface area contributed by atoms with Crippen molar-refractivity contribution in [2.24, 2.45) is 7.05 Å². The van der Waals surface area contributed by atoms with Gasteiger partial charge in [-0.1, -0.05) is 11.6 Å². The summed E-state index contributed by atoms with van der Waals surface area (Å²) in [6.07, 6.45) is 3.60. The number of anilines is 1. The molecule has 2 aromatic heterocycles. The van der Waals surface area contributed by atoms with Crippen LogP contribution in [0.25, 0.3) is 0 Å². The highest BCUT2D eigenvalue weighted by Crippen LogP contribution is 2.22. The zero-order valence-corrected chi connectivity index (χ0v) is 13.4. The molecule has 0 aromatic carbocycles. The molecule has 0 N–H and O–H groups in total. The number of piperazine rings is 1. The fraction of sp³-hybridized carbons (Fsp3) is 0.400. The second kappa shape index (κ2) is 5.96. The molecule has 3 rings (SSSR count). The molecule has 1 saturated heterocycles. The Morgan fingerprint density at radius 3 is 2.55 bits per heavy atom. The highest BCUT2D eigenvalue weighted by atomic mass is 35.5. The molecule has 1 amide bonds. The number of carbonyl (C=O) groups is 1. The van der Waals surface area contributed by atoms with E-state index in [0.29, 0.717) is 23.8 Å². The van der Waals surface area contributed by atoms with Gasteiger partial charge in [-0.2, -0.15) is 5.10 Å². The zero-order chi connectivity index (χ0) is 15.7. The Balaban J connectivity index is 1.68. The van der Waals surface area contributed by atoms with Gasteiger partial charge in [-0.25, -0.2) is 0 Å². The van der Waals surface area contributed by atoms with E-state index in [-0.39, 0.29) is 5.91 Å². The minimum atomic E-state index is -0.0977. The van der Waals surface area contributed by atoms with Gasteiger partial charge in [0.15, 0.2) is 5.69 Å². The lowest BCUT2D eigenvalue weighted by molar-refractivity contribution is 0.0740. The predicted molar refractivity (Wildman–Crippen MR) is 85.3 cm³/mol. The van der Waals surface area contributed by atoms with Gasteiger partial charge in [0.05, 0.1) is 22.6 Å². The van der Waals surface area contributed by atoms with Gasteiger partial charge in [-0.3, -0.25) is 14.5 Å². The Kier molecular flexibility index (Phi) is 4.02. The lowest BCUT2D eigenvalue weighted by Crippen LogP contribution is -2.49. The average molecular weight is 320 g/mol. The molecular weight excluding hydrogens is 302 g/mol. The quantitative estimate of drug-likeness (QED) is 0.846. The van der Waals surface area contributed by atoms with Crippen LogP contribution in [0.2, 0.25) is 5.02 Å². The predicted octanol–water partition coefficient (Wildman–Crippen LogP) is 1.74. The van der Waals surface area contributed by atoms with Gasteiger partial charge in [0.25, 0.3) is 5.91 Å². The van der Waals surface area contributed by atoms with Crippen molar-refractivity contribution < 1.29 is 4.79 Å². The SMILES string of the molecule is Cc1c(Cl)c(C(=O)N2CCN(c3cccnc3)CC2)nn1C. The number of hydrogen-bond donors (Lipinski definition) is 0. The normalized spacial score (nSPS) is 15.2. The van der Waals surface area contributed by atoms with Crippen LogP contribution in [-0.2, 0) is 7.05 Å². The van der Waals surface area contributed by atoms with Gasteiger partial charge < -0.3 is 9.80 Å². The van der Waals surface area contributed by atoms with E-state index in [1.165, 1.54) is 0 Å². The molecule has 0 spiro atoms. The molecule has 0 radical (unpaired) electrons. The molecule has 7 heteroatoms. The monoisotopic (exact) mass is 319 g/mol. The van der Waals surface area contributed by atoms with E-state index in [9.17, 15) is 4.79 Å². The van der Waals surface area contributed by atoms with Gasteiger partial charge >= 0.3 is 0 Å². The zero-order valence-electron chi connectivity index (χ0n) is 12.7. The Bertz CT molecular complexity index is 677. The van der Waals surface area contributed by atoms with Crippen LogP contribution in [0.5, 0.6) is 0 Å². The summed E-state index contributed by atoms with van der Waals surface area (Å²) in [5.41, 5.74) is 2.23. The van der Waals surface area contributed by atoms with Gasteiger partial charge in [0.1, 0.15) is 0 Å². The molecule has 0 bridgehead atoms. The summed E-state index contributed by atoms with van der Waals surface area (Å²) in [4.78, 5) is 20.7. The van der Waals surface area contributed by atoms with Gasteiger partial charge in [-0.15, -0.1) is 0 Å². The van der Waals surface area contributed by atoms with Crippen molar-refractivity contribution in [3.8, 4) is 0 Å². The van der Waals surface area contributed by atoms with Crippen molar-refractivity contribution in [3.05, 3.63) is 40.9 Å². The summed E-state index contributed by atoms with van der Waals surface area (Å²) in [6.45, 7) is 4.72. The van der Waals surface area contributed by atoms with Crippen LogP contribution in [-0.4, -0.2) is 51.8 Å². The molecule has 0 atom stereocenters. The first kappa shape index (κ1) is 14.8. The molecule has 0 unspecified atom stereocenters. The van der Waals surface area contributed by atoms with E-state index in [0.717, 1.165) is 24.5 Å². The maximum atomic E-state index is 12.6. The summed E-state index contributed by atoms with van der Waals surface area (Å²) >= 11 is 6.20. The minimum Gasteiger partial charge on any atom is -0.367 e. The molecule has 2 aromatic rings. The number of nitrogens with zero attached hydrogens (tertiary/aromatic N) is 5. The first-order valence-electron chi connectivity index (χ1n) is 7.21. The number of halogens is 1. The Morgan fingerprint density at radius 2 is 2.00 bits per heavy atom. The molecule has 3 heterocycles. The van der Waals surface area contributed by atoms with E-state index in [4.69, 9.17) is 11.6 Å². The smallest absolute Gasteiger partial charge is 0.276 e. The van der Waals surface area contributed by atoms with Crippen LogP contribution >= 0.6 is 11.6 Å². The third kappa shape index (κ3) is 2.66. The van der Waals surface area contributed by atoms with E-state index >= 15 is 0 Å². The Hall–Kier alpha value is -2.08. The first-order chi connectivity index (χ1) is 10.6. The summed E-state index contributed by atoms with van der Waals surface area (Å²) in [7, 11) is 1.79. The lowest BCUT2D eigenvalue weighted by atomic mass is 10.2. The minimum absolute atomic E-state index is 0.0977. The molecule has 116 valence electrons. The number of rotatable bonds is 2.